The van der Waals surface area contributed by atoms with Crippen LogP contribution >= 0.6 is 0 Å². The van der Waals surface area contributed by atoms with E-state index in [9.17, 15) is 5.11 Å². The van der Waals surface area contributed by atoms with Gasteiger partial charge in [0.25, 0.3) is 0 Å². The zero-order valence-electron chi connectivity index (χ0n) is 10.2. The predicted molar refractivity (Wildman–Crippen MR) is 64.9 cm³/mol. The van der Waals surface area contributed by atoms with Crippen LogP contribution in [0.1, 0.15) is 49.5 Å². The third-order valence-electron chi connectivity index (χ3n) is 3.11. The molecule has 84 valence electrons. The van der Waals surface area contributed by atoms with Gasteiger partial charge >= 0.3 is 0 Å². The van der Waals surface area contributed by atoms with Crippen LogP contribution < -0.4 is 0 Å². The van der Waals surface area contributed by atoms with E-state index >= 15 is 0 Å². The maximum absolute atomic E-state index is 10.1. The summed E-state index contributed by atoms with van der Waals surface area (Å²) >= 11 is 0. The summed E-state index contributed by atoms with van der Waals surface area (Å²) in [4.78, 5) is 0. The summed E-state index contributed by atoms with van der Waals surface area (Å²) in [5.74, 6) is 0.584. The van der Waals surface area contributed by atoms with Gasteiger partial charge in [0.2, 0.25) is 0 Å². The molecule has 0 spiro atoms. The van der Waals surface area contributed by atoms with Crippen molar-refractivity contribution in [3.05, 3.63) is 34.9 Å². The molecule has 0 saturated heterocycles. The molecule has 0 radical (unpaired) electrons. The Morgan fingerprint density at radius 1 is 1.27 bits per heavy atom. The zero-order chi connectivity index (χ0) is 11.4. The van der Waals surface area contributed by atoms with Crippen LogP contribution in [0.4, 0.5) is 0 Å². The summed E-state index contributed by atoms with van der Waals surface area (Å²) in [5, 5.41) is 10.1. The molecule has 1 heteroatoms. The molecule has 0 fully saturated rings. The molecule has 1 aromatic rings. The molecule has 0 aliphatic carbocycles. The Morgan fingerprint density at radius 2 is 1.93 bits per heavy atom. The van der Waals surface area contributed by atoms with Gasteiger partial charge in [-0.1, -0.05) is 44.0 Å². The first-order valence-electron chi connectivity index (χ1n) is 5.79. The molecule has 2 unspecified atom stereocenters. The topological polar surface area (TPSA) is 20.2 Å². The van der Waals surface area contributed by atoms with Crippen LogP contribution in [0.3, 0.4) is 0 Å². The van der Waals surface area contributed by atoms with Crippen molar-refractivity contribution in [2.75, 3.05) is 0 Å². The highest BCUT2D eigenvalue weighted by Crippen LogP contribution is 2.25. The van der Waals surface area contributed by atoms with Gasteiger partial charge < -0.3 is 5.11 Å². The lowest BCUT2D eigenvalue weighted by atomic mass is 9.93. The maximum atomic E-state index is 10.1. The van der Waals surface area contributed by atoms with Gasteiger partial charge in [-0.15, -0.1) is 0 Å². The van der Waals surface area contributed by atoms with E-state index in [-0.39, 0.29) is 6.10 Å². The van der Waals surface area contributed by atoms with Crippen molar-refractivity contribution in [1.82, 2.24) is 0 Å². The molecule has 0 aliphatic rings. The first-order chi connectivity index (χ1) is 7.04. The minimum atomic E-state index is -0.305. The Bertz CT molecular complexity index is 317. The van der Waals surface area contributed by atoms with E-state index < -0.39 is 0 Å². The fraction of sp³-hybridized carbons (Fsp3) is 0.571. The van der Waals surface area contributed by atoms with Crippen molar-refractivity contribution >= 4 is 0 Å². The molecule has 0 amide bonds. The molecule has 2 atom stereocenters. The highest BCUT2D eigenvalue weighted by atomic mass is 16.3. The molecule has 0 aliphatic heterocycles. The second-order valence-corrected chi connectivity index (χ2v) is 4.62. The van der Waals surface area contributed by atoms with Gasteiger partial charge in [-0.25, -0.2) is 0 Å². The summed E-state index contributed by atoms with van der Waals surface area (Å²) in [6.45, 7) is 8.51. The van der Waals surface area contributed by atoms with Crippen LogP contribution in [0.25, 0.3) is 0 Å². The van der Waals surface area contributed by atoms with Crippen molar-refractivity contribution in [1.29, 1.82) is 0 Å². The highest BCUT2D eigenvalue weighted by molar-refractivity contribution is 5.31. The van der Waals surface area contributed by atoms with E-state index in [1.165, 1.54) is 11.1 Å². The Kier molecular flexibility index (Phi) is 4.34. The molecular formula is C14H22O. The van der Waals surface area contributed by atoms with Gasteiger partial charge in [0, 0.05) is 0 Å². The van der Waals surface area contributed by atoms with E-state index in [4.69, 9.17) is 0 Å². The second-order valence-electron chi connectivity index (χ2n) is 4.62. The molecule has 1 aromatic carbocycles. The molecule has 0 saturated carbocycles. The van der Waals surface area contributed by atoms with Crippen LogP contribution in [0.5, 0.6) is 0 Å². The van der Waals surface area contributed by atoms with Crippen LogP contribution in [-0.2, 0) is 0 Å². The summed E-state index contributed by atoms with van der Waals surface area (Å²) in [6, 6.07) is 6.26. The Morgan fingerprint density at radius 3 is 2.47 bits per heavy atom. The number of aliphatic hydroxyl groups excluding tert-OH is 1. The Hall–Kier alpha value is -0.820. The van der Waals surface area contributed by atoms with Gasteiger partial charge in [0.15, 0.2) is 0 Å². The lowest BCUT2D eigenvalue weighted by Gasteiger charge is -2.17. The fourth-order valence-electron chi connectivity index (χ4n) is 1.87. The second kappa shape index (κ2) is 5.32. The van der Waals surface area contributed by atoms with E-state index in [0.29, 0.717) is 5.92 Å². The molecule has 15 heavy (non-hydrogen) atoms. The third-order valence-corrected chi connectivity index (χ3v) is 3.11. The fourth-order valence-corrected chi connectivity index (χ4v) is 1.87. The van der Waals surface area contributed by atoms with E-state index in [1.807, 2.05) is 0 Å². The van der Waals surface area contributed by atoms with E-state index in [0.717, 1.165) is 18.4 Å². The lowest BCUT2D eigenvalue weighted by Crippen LogP contribution is -2.05. The van der Waals surface area contributed by atoms with Gasteiger partial charge in [-0.2, -0.15) is 0 Å². The first kappa shape index (κ1) is 12.3. The first-order valence-corrected chi connectivity index (χ1v) is 5.79. The average molecular weight is 206 g/mol. The van der Waals surface area contributed by atoms with Crippen molar-refractivity contribution in [3.63, 3.8) is 0 Å². The van der Waals surface area contributed by atoms with Gasteiger partial charge in [-0.05, 0) is 37.3 Å². The van der Waals surface area contributed by atoms with E-state index in [1.54, 1.807) is 0 Å². The quantitative estimate of drug-likeness (QED) is 0.795. The molecule has 1 nitrogen and oxygen atoms in total. The number of aliphatic hydroxyl groups is 1. The van der Waals surface area contributed by atoms with Gasteiger partial charge in [0.1, 0.15) is 0 Å². The van der Waals surface area contributed by atoms with Crippen molar-refractivity contribution in [3.8, 4) is 0 Å². The monoisotopic (exact) mass is 206 g/mol. The van der Waals surface area contributed by atoms with Crippen molar-refractivity contribution in [2.24, 2.45) is 5.92 Å². The average Bonchev–Trinajstić information content (AvgIpc) is 2.17. The minimum absolute atomic E-state index is 0.305. The third kappa shape index (κ3) is 3.35. The molecular weight excluding hydrogens is 184 g/mol. The zero-order valence-corrected chi connectivity index (χ0v) is 10.2. The largest absolute Gasteiger partial charge is 0.388 e. The standard InChI is InChI=1S/C14H22O/c1-5-10(2)9-14(15)13-7-6-11(3)8-12(13)4/h6-8,10,14-15H,5,9H2,1-4H3. The number of benzene rings is 1. The lowest BCUT2D eigenvalue weighted by molar-refractivity contribution is 0.146. The normalized spacial score (nSPS) is 15.0. The van der Waals surface area contributed by atoms with Gasteiger partial charge in [0.05, 0.1) is 6.10 Å². The van der Waals surface area contributed by atoms with Crippen LogP contribution in [0.2, 0.25) is 0 Å². The molecule has 1 rings (SSSR count). The van der Waals surface area contributed by atoms with Crippen LogP contribution in [0, 0.1) is 19.8 Å². The maximum Gasteiger partial charge on any atom is 0.0795 e. The molecule has 0 aromatic heterocycles. The Labute approximate surface area is 93.1 Å². The number of rotatable bonds is 4. The predicted octanol–water partition coefficient (Wildman–Crippen LogP) is 3.77. The van der Waals surface area contributed by atoms with Crippen LogP contribution in [-0.4, -0.2) is 5.11 Å². The number of hydrogen-bond donors (Lipinski definition) is 1. The summed E-state index contributed by atoms with van der Waals surface area (Å²) < 4.78 is 0. The van der Waals surface area contributed by atoms with E-state index in [2.05, 4.69) is 45.9 Å². The highest BCUT2D eigenvalue weighted by Gasteiger charge is 2.13. The number of hydrogen-bond acceptors (Lipinski definition) is 1. The SMILES string of the molecule is CCC(C)CC(O)c1ccc(C)cc1C. The molecule has 0 heterocycles. The number of aryl methyl sites for hydroxylation is 2. The summed E-state index contributed by atoms with van der Waals surface area (Å²) in [7, 11) is 0. The summed E-state index contributed by atoms with van der Waals surface area (Å²) in [6.07, 6.45) is 1.68. The minimum Gasteiger partial charge on any atom is -0.388 e. The molecule has 1 N–H and O–H groups in total. The summed E-state index contributed by atoms with van der Waals surface area (Å²) in [5.41, 5.74) is 3.54. The Balaban J connectivity index is 2.77. The van der Waals surface area contributed by atoms with Crippen molar-refractivity contribution < 1.29 is 5.11 Å². The van der Waals surface area contributed by atoms with Gasteiger partial charge in [-0.3, -0.25) is 0 Å². The van der Waals surface area contributed by atoms with Crippen LogP contribution in [0.15, 0.2) is 18.2 Å². The smallest absolute Gasteiger partial charge is 0.0795 e. The van der Waals surface area contributed by atoms with Crippen molar-refractivity contribution in [2.45, 2.75) is 46.6 Å². The molecule has 0 bridgehead atoms.